The van der Waals surface area contributed by atoms with Crippen LogP contribution in [0.25, 0.3) is 67.1 Å². The summed E-state index contributed by atoms with van der Waals surface area (Å²) in [6.45, 7) is 4.66. The largest absolute Gasteiger partial charge is 0.466 e. The lowest BCUT2D eigenvalue weighted by molar-refractivity contribution is -0.757. The van der Waals surface area contributed by atoms with Crippen molar-refractivity contribution in [3.8, 4) is 45.0 Å². The zero-order valence-corrected chi connectivity index (χ0v) is 54.1. The average Bonchev–Trinajstić information content (AvgIpc) is 1.62. The average molecular weight is 1360 g/mol. The Morgan fingerprint density at radius 1 is 0.505 bits per heavy atom. The molecule has 4 aromatic heterocycles. The molecule has 10 aromatic rings. The highest BCUT2D eigenvalue weighted by Crippen LogP contribution is 2.33. The molecule has 99 heavy (non-hydrogen) atoms. The van der Waals surface area contributed by atoms with E-state index in [4.69, 9.17) is 14.5 Å². The number of aromatic nitrogens is 12. The Morgan fingerprint density at radius 3 is 1.41 bits per heavy atom. The summed E-state index contributed by atoms with van der Waals surface area (Å²) in [5, 5.41) is 59.8. The van der Waals surface area contributed by atoms with Gasteiger partial charge >= 0.3 is 11.9 Å². The molecule has 3 N–H and O–H groups in total. The van der Waals surface area contributed by atoms with Gasteiger partial charge in [0.05, 0.1) is 61.0 Å². The predicted octanol–water partition coefficient (Wildman–Crippen LogP) is 9.58. The number of hydrogen-bond acceptors (Lipinski definition) is 24. The molecule has 0 spiro atoms. The van der Waals surface area contributed by atoms with Crippen LogP contribution in [0.1, 0.15) is 114 Å². The van der Waals surface area contributed by atoms with Crippen LogP contribution >= 0.6 is 0 Å². The molecule has 0 saturated carbocycles. The number of nitrogens with one attached hydrogen (secondary N) is 3. The number of carbonyl (C=O) groups excluding carboxylic acids is 5. The Morgan fingerprint density at radius 2 is 0.949 bits per heavy atom. The lowest BCUT2D eigenvalue weighted by atomic mass is 9.93. The van der Waals surface area contributed by atoms with E-state index in [-0.39, 0.29) is 95.5 Å². The van der Waals surface area contributed by atoms with E-state index in [1.165, 1.54) is 0 Å². The first-order chi connectivity index (χ1) is 48.0. The van der Waals surface area contributed by atoms with E-state index < -0.39 is 33.1 Å². The number of ether oxygens (including phenoxy) is 2. The lowest BCUT2D eigenvalue weighted by Crippen LogP contribution is -2.25. The van der Waals surface area contributed by atoms with Gasteiger partial charge < -0.3 is 38.4 Å². The number of fused-ring (bicyclic) bond motifs is 2. The van der Waals surface area contributed by atoms with Gasteiger partial charge in [-0.05, 0) is 127 Å². The molecule has 1 amide bonds. The second kappa shape index (κ2) is 35.5. The van der Waals surface area contributed by atoms with Gasteiger partial charge in [0.2, 0.25) is 17.6 Å². The fraction of sp³-hybridized carbons (Fsp3) is 0.328. The van der Waals surface area contributed by atoms with Gasteiger partial charge in [-0.15, -0.1) is 50.7 Å². The normalized spacial score (nSPS) is 11.3. The van der Waals surface area contributed by atoms with Crippen molar-refractivity contribution >= 4 is 51.5 Å². The third-order valence-corrected chi connectivity index (χ3v) is 15.9. The number of nitrogens with zero attached hydrogens (tertiary/aromatic N) is 13. The third kappa shape index (κ3) is 20.2. The van der Waals surface area contributed by atoms with Crippen molar-refractivity contribution < 1.29 is 63.2 Å². The molecule has 6 aromatic carbocycles. The molecule has 10 rings (SSSR count). The Bertz CT molecular complexity index is 4410. The first kappa shape index (κ1) is 71.1. The maximum absolute atomic E-state index is 14.0. The maximum atomic E-state index is 14.0. The number of amides is 1. The Hall–Kier alpha value is -12.3. The number of benzene rings is 6. The van der Waals surface area contributed by atoms with Crippen LogP contribution in [-0.2, 0) is 51.5 Å². The molecule has 0 aliphatic carbocycles. The van der Waals surface area contributed by atoms with E-state index >= 15 is 0 Å². The van der Waals surface area contributed by atoms with Crippen LogP contribution in [0.5, 0.6) is 0 Å². The first-order valence-electron chi connectivity index (χ1n) is 31.7. The number of rotatable bonds is 37. The molecule has 1 atom stereocenters. The van der Waals surface area contributed by atoms with Gasteiger partial charge in [-0.25, -0.2) is 9.97 Å². The number of H-pyrrole nitrogens is 2. The fourth-order valence-corrected chi connectivity index (χ4v) is 11.0. The minimum absolute atomic E-state index is 0.00177. The van der Waals surface area contributed by atoms with Gasteiger partial charge in [-0.3, -0.25) is 24.0 Å². The van der Waals surface area contributed by atoms with Crippen molar-refractivity contribution in [2.75, 3.05) is 39.6 Å². The summed E-state index contributed by atoms with van der Waals surface area (Å²) in [5.74, 6) is -0.602. The molecule has 0 radical (unpaired) electrons. The number of para-hydroxylation sites is 2. The molecule has 0 fully saturated rings. The van der Waals surface area contributed by atoms with Crippen LogP contribution in [0, 0.1) is 50.1 Å². The number of aryl methyl sites for hydroxylation is 2. The lowest BCUT2D eigenvalue weighted by Gasteiger charge is -2.16. The molecule has 0 aliphatic heterocycles. The van der Waals surface area contributed by atoms with E-state index in [0.29, 0.717) is 85.0 Å². The maximum Gasteiger partial charge on any atom is 0.309 e. The Labute approximate surface area is 564 Å². The van der Waals surface area contributed by atoms with Crippen LogP contribution in [0.2, 0.25) is 0 Å². The third-order valence-electron chi connectivity index (χ3n) is 15.9. The predicted molar refractivity (Wildman–Crippen MR) is 354 cm³/mol. The number of aromatic amines is 2. The Balaban J connectivity index is 0.000000239. The summed E-state index contributed by atoms with van der Waals surface area (Å²) in [4.78, 5) is 118. The number of unbranched alkanes of at least 4 members (excludes halogenated alkanes) is 3. The summed E-state index contributed by atoms with van der Waals surface area (Å²) in [7, 11) is 0. The van der Waals surface area contributed by atoms with Gasteiger partial charge in [0, 0.05) is 67.6 Å². The van der Waals surface area contributed by atoms with Gasteiger partial charge in [0.25, 0.3) is 15.3 Å². The molecule has 32 heteroatoms. The number of esters is 2. The smallest absolute Gasteiger partial charge is 0.309 e. The monoisotopic (exact) mass is 1350 g/mol. The van der Waals surface area contributed by atoms with Crippen molar-refractivity contribution in [1.82, 2.24) is 65.7 Å². The van der Waals surface area contributed by atoms with E-state index in [2.05, 4.69) is 66.1 Å². The second-order valence-electron chi connectivity index (χ2n) is 22.6. The zero-order chi connectivity index (χ0) is 70.0. The summed E-state index contributed by atoms with van der Waals surface area (Å²) in [6, 6.07) is 42.4. The SMILES string of the molecule is Cc1nc2cccc(C(=O)CC(CCC(=O)OCCCCO[N+](=O)[O-])C(=O)OCCCCO[N+](=O)[O-])c2n1Cc1ccc(-c2ccccc2-c2nn[nH]n2)cc1.Cc1nc2cccc(C(=O)CCC(=O)NCCCCO[N+](=O)[O-])c2n1Cc1ccc(-c2ccccc2-c2nn[nH]n2)cc1. The number of carbonyl (C=O) groups is 5. The summed E-state index contributed by atoms with van der Waals surface area (Å²) in [5.41, 5.74) is 11.1. The summed E-state index contributed by atoms with van der Waals surface area (Å²) >= 11 is 0. The van der Waals surface area contributed by atoms with Gasteiger partial charge in [0.15, 0.2) is 11.6 Å². The highest BCUT2D eigenvalue weighted by molar-refractivity contribution is 6.08. The van der Waals surface area contributed by atoms with Crippen LogP contribution < -0.4 is 5.32 Å². The van der Waals surface area contributed by atoms with Gasteiger partial charge in [-0.1, -0.05) is 109 Å². The first-order valence-corrected chi connectivity index (χ1v) is 31.7. The summed E-state index contributed by atoms with van der Waals surface area (Å²) < 4.78 is 14.6. The number of imidazole rings is 2. The van der Waals surface area contributed by atoms with Crippen molar-refractivity contribution in [3.63, 3.8) is 0 Å². The number of hydrogen-bond donors (Lipinski definition) is 3. The molecular weight excluding hydrogens is 1280 g/mol. The molecule has 32 nitrogen and oxygen atoms in total. The minimum atomic E-state index is -1.01. The van der Waals surface area contributed by atoms with Crippen molar-refractivity contribution in [2.24, 2.45) is 5.92 Å². The Kier molecular flexibility index (Phi) is 25.5. The van der Waals surface area contributed by atoms with E-state index in [9.17, 15) is 54.3 Å². The van der Waals surface area contributed by atoms with E-state index in [1.54, 1.807) is 24.3 Å². The quantitative estimate of drug-likeness (QED) is 0.0107. The molecule has 4 heterocycles. The van der Waals surface area contributed by atoms with Crippen LogP contribution in [0.3, 0.4) is 0 Å². The summed E-state index contributed by atoms with van der Waals surface area (Å²) in [6.07, 6.45) is 1.75. The van der Waals surface area contributed by atoms with Crippen molar-refractivity contribution in [3.05, 3.63) is 198 Å². The minimum Gasteiger partial charge on any atom is -0.466 e. The number of tetrazole rings is 2. The van der Waals surface area contributed by atoms with Crippen molar-refractivity contribution in [1.29, 1.82) is 0 Å². The van der Waals surface area contributed by atoms with E-state index in [1.807, 2.05) is 132 Å². The van der Waals surface area contributed by atoms with Crippen LogP contribution in [0.4, 0.5) is 0 Å². The van der Waals surface area contributed by atoms with Crippen LogP contribution in [0.15, 0.2) is 133 Å². The zero-order valence-electron chi connectivity index (χ0n) is 54.1. The molecule has 0 aliphatic rings. The second-order valence-corrected chi connectivity index (χ2v) is 22.6. The highest BCUT2D eigenvalue weighted by Gasteiger charge is 2.28. The fourth-order valence-electron chi connectivity index (χ4n) is 11.0. The molecule has 0 bridgehead atoms. The van der Waals surface area contributed by atoms with Crippen LogP contribution in [-0.4, -0.2) is 145 Å². The standard InChI is InChI=1S/C37H40N8O11.C30H30N8O5/c1-25-38-32-12-8-11-31(35(32)43(25)24-26-13-15-27(16-14-26)29-9-2-3-10-30(29)36-39-41-42-40-36)33(46)23-28(37(48)54-20-5-7-22-56-45(51)52)17-18-34(47)53-19-4-6-21-55-44(49)50;1-20-32-26-10-6-9-25(27(39)15-16-28(40)31-17-4-5-18-43-38(41)42)29(26)37(20)19-21-11-13-22(14-12-21)23-7-2-3-8-24(23)30-33-35-36-34-30/h2-3,8-16,28H,4-7,17-24H2,1H3,(H,39,40,41,42);2-3,6-14H,4-5,15-19H2,1H3,(H,31,40)(H,33,34,35,36). The molecule has 1 unspecified atom stereocenters. The number of ketones is 2. The van der Waals surface area contributed by atoms with E-state index in [0.717, 1.165) is 61.4 Å². The molecule has 0 saturated heterocycles. The van der Waals surface area contributed by atoms with Gasteiger partial charge in [0.1, 0.15) is 11.6 Å². The van der Waals surface area contributed by atoms with Gasteiger partial charge in [-0.2, -0.15) is 10.4 Å². The topological polar surface area (TPSA) is 418 Å². The highest BCUT2D eigenvalue weighted by atomic mass is 17.0. The molecule has 514 valence electrons. The molecular formula is C67H70N16O16. The van der Waals surface area contributed by atoms with Crippen molar-refractivity contribution in [2.45, 2.75) is 97.6 Å². The number of Topliss-reactive ketones (excluding diaryl/α,β-unsaturated/α-hetero) is 2.